The van der Waals surface area contributed by atoms with Crippen molar-refractivity contribution in [3.63, 3.8) is 0 Å². The van der Waals surface area contributed by atoms with Crippen molar-refractivity contribution in [3.05, 3.63) is 71.8 Å². The Labute approximate surface area is 152 Å². The van der Waals surface area contributed by atoms with Crippen LogP contribution in [0.3, 0.4) is 0 Å². The van der Waals surface area contributed by atoms with Gasteiger partial charge in [0, 0.05) is 10.8 Å². The summed E-state index contributed by atoms with van der Waals surface area (Å²) in [6.07, 6.45) is 0. The van der Waals surface area contributed by atoms with E-state index in [0.717, 1.165) is 27.4 Å². The van der Waals surface area contributed by atoms with Crippen LogP contribution in [0.15, 0.2) is 60.7 Å². The van der Waals surface area contributed by atoms with Gasteiger partial charge in [0.2, 0.25) is 0 Å². The third-order valence-electron chi connectivity index (χ3n) is 4.90. The quantitative estimate of drug-likeness (QED) is 0.486. The number of phenolic OH excluding ortho intramolecular Hbond substituents is 1. The van der Waals surface area contributed by atoms with Gasteiger partial charge in [-0.1, -0.05) is 57.2 Å². The average molecular weight is 340 g/mol. The Morgan fingerprint density at radius 3 is 1.92 bits per heavy atom. The largest absolute Gasteiger partial charge is 0.504 e. The molecule has 4 rings (SSSR count). The first-order valence-corrected chi connectivity index (χ1v) is 8.68. The number of hydrogen-bond donors (Lipinski definition) is 1. The normalized spacial score (nSPS) is 11.8. The fraction of sp³-hybridized carbons (Fsp3) is 0.174. The lowest BCUT2D eigenvalue weighted by atomic mass is 9.85. The summed E-state index contributed by atoms with van der Waals surface area (Å²) in [7, 11) is 0. The molecule has 4 aromatic rings. The van der Waals surface area contributed by atoms with E-state index in [4.69, 9.17) is 0 Å². The molecule has 0 aliphatic rings. The Kier molecular flexibility index (Phi) is 3.52. The Morgan fingerprint density at radius 2 is 1.42 bits per heavy atom. The number of rotatable bonds is 1. The molecule has 26 heavy (non-hydrogen) atoms. The molecular weight excluding hydrogens is 320 g/mol. The lowest BCUT2D eigenvalue weighted by Crippen LogP contribution is -2.12. The van der Waals surface area contributed by atoms with Gasteiger partial charge >= 0.3 is 0 Å². The zero-order chi connectivity index (χ0) is 18.5. The van der Waals surface area contributed by atoms with Gasteiger partial charge in [-0.25, -0.2) is 0 Å². The Bertz CT molecular complexity index is 1130. The van der Waals surface area contributed by atoms with E-state index in [1.54, 1.807) is 6.07 Å². The molecule has 0 saturated heterocycles. The van der Waals surface area contributed by atoms with Crippen LogP contribution in [-0.4, -0.2) is 9.67 Å². The van der Waals surface area contributed by atoms with E-state index < -0.39 is 0 Å². The molecule has 0 aliphatic heterocycles. The van der Waals surface area contributed by atoms with Gasteiger partial charge in [-0.15, -0.1) is 0 Å². The number of aromatic hydroxyl groups is 1. The second-order valence-corrected chi connectivity index (χ2v) is 7.62. The van der Waals surface area contributed by atoms with Crippen molar-refractivity contribution in [2.45, 2.75) is 26.2 Å². The highest BCUT2D eigenvalue weighted by molar-refractivity contribution is 6.09. The molecule has 1 heterocycles. The van der Waals surface area contributed by atoms with E-state index in [2.05, 4.69) is 43.5 Å². The topological polar surface area (TPSA) is 48.9 Å². The van der Waals surface area contributed by atoms with Crippen LogP contribution in [0, 0.1) is 11.3 Å². The van der Waals surface area contributed by atoms with E-state index in [1.165, 1.54) is 0 Å². The van der Waals surface area contributed by atoms with Gasteiger partial charge in [0.25, 0.3) is 0 Å². The minimum Gasteiger partial charge on any atom is -0.504 e. The smallest absolute Gasteiger partial charge is 0.157 e. The molecule has 0 bridgehead atoms. The summed E-state index contributed by atoms with van der Waals surface area (Å²) >= 11 is 0. The Hall–Kier alpha value is -3.25. The standard InChI is InChI=1S/C23H20N2O/c1-23(2,3)16-12-15(14-24)22(26)21(13-16)25-19-10-6-4-8-17(19)18-9-5-7-11-20(18)25/h4-13,26H,1-3H3. The summed E-state index contributed by atoms with van der Waals surface area (Å²) in [5.74, 6) is 0.0204. The van der Waals surface area contributed by atoms with Crippen LogP contribution in [0.5, 0.6) is 5.75 Å². The number of fused-ring (bicyclic) bond motifs is 3. The molecular formula is C23H20N2O. The van der Waals surface area contributed by atoms with Crippen molar-refractivity contribution in [3.8, 4) is 17.5 Å². The predicted molar refractivity (Wildman–Crippen MR) is 106 cm³/mol. The second-order valence-electron chi connectivity index (χ2n) is 7.62. The summed E-state index contributed by atoms with van der Waals surface area (Å²) in [4.78, 5) is 0. The monoisotopic (exact) mass is 340 g/mol. The molecule has 0 fully saturated rings. The second kappa shape index (κ2) is 5.64. The van der Waals surface area contributed by atoms with E-state index in [0.29, 0.717) is 11.3 Å². The number of nitriles is 1. The first kappa shape index (κ1) is 16.2. The molecule has 0 saturated carbocycles. The molecule has 0 amide bonds. The predicted octanol–water partition coefficient (Wildman–Crippen LogP) is 5.66. The van der Waals surface area contributed by atoms with Crippen LogP contribution in [0.4, 0.5) is 0 Å². The summed E-state index contributed by atoms with van der Waals surface area (Å²) in [6, 6.07) is 22.2. The van der Waals surface area contributed by atoms with Crippen molar-refractivity contribution < 1.29 is 5.11 Å². The molecule has 3 aromatic carbocycles. The molecule has 0 atom stereocenters. The molecule has 0 aliphatic carbocycles. The lowest BCUT2D eigenvalue weighted by molar-refractivity contribution is 0.470. The van der Waals surface area contributed by atoms with Crippen LogP contribution in [0.1, 0.15) is 31.9 Å². The third kappa shape index (κ3) is 2.34. The van der Waals surface area contributed by atoms with Gasteiger partial charge < -0.3 is 9.67 Å². The molecule has 3 heteroatoms. The molecule has 0 spiro atoms. The minimum absolute atomic E-state index is 0.0204. The van der Waals surface area contributed by atoms with Gasteiger partial charge in [-0.05, 0) is 35.2 Å². The molecule has 1 aromatic heterocycles. The van der Waals surface area contributed by atoms with Crippen molar-refractivity contribution in [2.24, 2.45) is 0 Å². The van der Waals surface area contributed by atoms with Crippen molar-refractivity contribution in [1.82, 2.24) is 4.57 Å². The van der Waals surface area contributed by atoms with Crippen LogP contribution in [0.2, 0.25) is 0 Å². The third-order valence-corrected chi connectivity index (χ3v) is 4.90. The zero-order valence-corrected chi connectivity index (χ0v) is 15.1. The van der Waals surface area contributed by atoms with E-state index in [9.17, 15) is 10.4 Å². The number of phenols is 1. The van der Waals surface area contributed by atoms with Crippen molar-refractivity contribution >= 4 is 21.8 Å². The Morgan fingerprint density at radius 1 is 0.885 bits per heavy atom. The van der Waals surface area contributed by atoms with Crippen molar-refractivity contribution in [2.75, 3.05) is 0 Å². The van der Waals surface area contributed by atoms with Gasteiger partial charge in [0.05, 0.1) is 22.3 Å². The molecule has 1 N–H and O–H groups in total. The molecule has 0 radical (unpaired) electrons. The highest BCUT2D eigenvalue weighted by Gasteiger charge is 2.21. The number of aromatic nitrogens is 1. The van der Waals surface area contributed by atoms with Crippen LogP contribution in [-0.2, 0) is 5.41 Å². The lowest BCUT2D eigenvalue weighted by Gasteiger charge is -2.22. The minimum atomic E-state index is -0.132. The van der Waals surface area contributed by atoms with Crippen molar-refractivity contribution in [1.29, 1.82) is 5.26 Å². The van der Waals surface area contributed by atoms with Gasteiger partial charge in [-0.3, -0.25) is 0 Å². The van der Waals surface area contributed by atoms with Crippen LogP contribution >= 0.6 is 0 Å². The summed E-state index contributed by atoms with van der Waals surface area (Å²) in [5, 5.41) is 22.6. The highest BCUT2D eigenvalue weighted by atomic mass is 16.3. The van der Waals surface area contributed by atoms with Crippen LogP contribution < -0.4 is 0 Å². The first-order valence-electron chi connectivity index (χ1n) is 8.68. The van der Waals surface area contributed by atoms with Gasteiger partial charge in [0.1, 0.15) is 6.07 Å². The number of nitrogens with zero attached hydrogens (tertiary/aromatic N) is 2. The van der Waals surface area contributed by atoms with Gasteiger partial charge in [0.15, 0.2) is 5.75 Å². The molecule has 3 nitrogen and oxygen atoms in total. The SMILES string of the molecule is CC(C)(C)c1cc(C#N)c(O)c(-n2c3ccccc3c3ccccc32)c1. The fourth-order valence-corrected chi connectivity index (χ4v) is 3.49. The summed E-state index contributed by atoms with van der Waals surface area (Å²) in [6.45, 7) is 6.32. The number of para-hydroxylation sites is 2. The number of benzene rings is 3. The maximum absolute atomic E-state index is 10.8. The maximum atomic E-state index is 10.8. The molecule has 128 valence electrons. The fourth-order valence-electron chi connectivity index (χ4n) is 3.49. The van der Waals surface area contributed by atoms with E-state index >= 15 is 0 Å². The van der Waals surface area contributed by atoms with E-state index in [1.807, 2.05) is 42.5 Å². The van der Waals surface area contributed by atoms with Gasteiger partial charge in [-0.2, -0.15) is 5.26 Å². The maximum Gasteiger partial charge on any atom is 0.157 e. The molecule has 0 unspecified atom stereocenters. The Balaban J connectivity index is 2.18. The summed E-state index contributed by atoms with van der Waals surface area (Å²) in [5.41, 5.74) is 3.86. The van der Waals surface area contributed by atoms with Crippen LogP contribution in [0.25, 0.3) is 27.5 Å². The number of hydrogen-bond acceptors (Lipinski definition) is 2. The first-order chi connectivity index (χ1) is 12.4. The average Bonchev–Trinajstić information content (AvgIpc) is 2.95. The highest BCUT2D eigenvalue weighted by Crippen LogP contribution is 2.38. The zero-order valence-electron chi connectivity index (χ0n) is 15.1. The van der Waals surface area contributed by atoms with E-state index in [-0.39, 0.29) is 11.2 Å². The summed E-state index contributed by atoms with van der Waals surface area (Å²) < 4.78 is 2.05.